The summed E-state index contributed by atoms with van der Waals surface area (Å²) in [4.78, 5) is 6.34. The molecule has 0 spiro atoms. The van der Waals surface area contributed by atoms with Gasteiger partial charge in [-0.15, -0.1) is 0 Å². The Kier molecular flexibility index (Phi) is 4.75. The zero-order valence-corrected chi connectivity index (χ0v) is 13.9. The number of benzene rings is 1. The lowest BCUT2D eigenvalue weighted by Gasteiger charge is -2.13. The van der Waals surface area contributed by atoms with Crippen LogP contribution in [0.25, 0.3) is 11.0 Å². The van der Waals surface area contributed by atoms with Gasteiger partial charge in [-0.2, -0.15) is 0 Å². The van der Waals surface area contributed by atoms with E-state index in [1.54, 1.807) is 24.4 Å². The molecule has 0 atom stereocenters. The average molecular weight is 342 g/mol. The summed E-state index contributed by atoms with van der Waals surface area (Å²) in [6, 6.07) is 8.11. The monoisotopic (exact) mass is 342 g/mol. The minimum Gasteiger partial charge on any atom is -0.739 e. The quantitative estimate of drug-likeness (QED) is 0.516. The second-order valence-electron chi connectivity index (χ2n) is 5.66. The van der Waals surface area contributed by atoms with Gasteiger partial charge in [-0.1, -0.05) is 0 Å². The lowest BCUT2D eigenvalue weighted by atomic mass is 10.3. The first kappa shape index (κ1) is 16.7. The van der Waals surface area contributed by atoms with Crippen LogP contribution >= 0.6 is 0 Å². The third kappa shape index (κ3) is 3.83. The molecule has 25 heavy (non-hydrogen) atoms. The van der Waals surface area contributed by atoms with E-state index < -0.39 is 0 Å². The van der Waals surface area contributed by atoms with Gasteiger partial charge in [0.25, 0.3) is 5.52 Å². The zero-order valence-electron chi connectivity index (χ0n) is 13.9. The fourth-order valence-electron chi connectivity index (χ4n) is 2.20. The maximum absolute atomic E-state index is 12.6. The van der Waals surface area contributed by atoms with E-state index >= 15 is 0 Å². The Morgan fingerprint density at radius 1 is 1.20 bits per heavy atom. The lowest BCUT2D eigenvalue weighted by molar-refractivity contribution is -0.672. The van der Waals surface area contributed by atoms with Crippen LogP contribution in [0.2, 0.25) is 0 Å². The van der Waals surface area contributed by atoms with Gasteiger partial charge in [0, 0.05) is 29.7 Å². The largest absolute Gasteiger partial charge is 0.739 e. The Hall–Kier alpha value is -3.20. The maximum atomic E-state index is 12.6. The summed E-state index contributed by atoms with van der Waals surface area (Å²) in [5.41, 5.74) is 0.878. The van der Waals surface area contributed by atoms with Crippen molar-refractivity contribution in [2.75, 3.05) is 32.6 Å². The van der Waals surface area contributed by atoms with Crippen molar-refractivity contribution >= 4 is 22.7 Å². The Morgan fingerprint density at radius 2 is 2.04 bits per heavy atom. The summed E-state index contributed by atoms with van der Waals surface area (Å²) < 4.78 is 6.19. The Morgan fingerprint density at radius 3 is 2.76 bits per heavy atom. The van der Waals surface area contributed by atoms with Crippen molar-refractivity contribution in [1.82, 2.24) is 15.0 Å². The summed E-state index contributed by atoms with van der Waals surface area (Å²) in [5, 5.41) is 31.2. The van der Waals surface area contributed by atoms with Crippen LogP contribution in [0.15, 0.2) is 42.7 Å². The molecule has 1 N–H and O–H groups in total. The molecular weight excluding hydrogens is 324 g/mol. The molecule has 0 saturated heterocycles. The van der Waals surface area contributed by atoms with Gasteiger partial charge in [0.05, 0.1) is 6.20 Å². The summed E-state index contributed by atoms with van der Waals surface area (Å²) in [7, 11) is 3.88. The topological polar surface area (TPSA) is 104 Å². The van der Waals surface area contributed by atoms with E-state index in [0.717, 1.165) is 6.54 Å². The molecule has 0 aliphatic rings. The molecule has 9 heteroatoms. The molecule has 0 aliphatic carbocycles. The van der Waals surface area contributed by atoms with Crippen molar-refractivity contribution in [3.8, 4) is 5.75 Å². The number of nitrogens with one attached hydrogen (secondary N) is 1. The Labute approximate surface area is 144 Å². The summed E-state index contributed by atoms with van der Waals surface area (Å²) in [5.74, 6) is 0.374. The first-order valence-electron chi connectivity index (χ1n) is 7.66. The van der Waals surface area contributed by atoms with Crippen LogP contribution < -0.4 is 19.6 Å². The van der Waals surface area contributed by atoms with E-state index in [9.17, 15) is 10.4 Å². The molecule has 130 valence electrons. The van der Waals surface area contributed by atoms with Crippen LogP contribution in [0.4, 0.5) is 11.6 Å². The standard InChI is InChI=1S/C16H18N6O3/c1-20(2)8-9-25-13-5-6-14-15(10-13)21(23)16(19-22(14)24)18-12-4-3-7-17-11-12/h3-7,10-11H,8-9H2,1-2H3,(H,18,19). The minimum atomic E-state index is -0.138. The molecule has 9 nitrogen and oxygen atoms in total. The smallest absolute Gasteiger partial charge is 0.465 e. The minimum absolute atomic E-state index is 0.138. The predicted molar refractivity (Wildman–Crippen MR) is 91.2 cm³/mol. The first-order valence-corrected chi connectivity index (χ1v) is 7.66. The number of aromatic nitrogens is 4. The molecular formula is C16H18N6O3. The van der Waals surface area contributed by atoms with E-state index in [2.05, 4.69) is 15.4 Å². The molecule has 2 heterocycles. The number of hydrogen-bond acceptors (Lipinski definition) is 7. The van der Waals surface area contributed by atoms with Crippen molar-refractivity contribution in [2.45, 2.75) is 0 Å². The number of nitrogens with zero attached hydrogens (tertiary/aromatic N) is 5. The second kappa shape index (κ2) is 7.14. The summed E-state index contributed by atoms with van der Waals surface area (Å²) in [6.45, 7) is 1.21. The third-order valence-corrected chi connectivity index (χ3v) is 3.47. The fourth-order valence-corrected chi connectivity index (χ4v) is 2.20. The third-order valence-electron chi connectivity index (χ3n) is 3.47. The van der Waals surface area contributed by atoms with Gasteiger partial charge in [0.2, 0.25) is 5.10 Å². The normalized spacial score (nSPS) is 11.0. The van der Waals surface area contributed by atoms with E-state index in [0.29, 0.717) is 27.6 Å². The number of likely N-dealkylation sites (N-methyl/N-ethyl adjacent to an activating group) is 1. The number of anilines is 2. The zero-order chi connectivity index (χ0) is 17.8. The Balaban J connectivity index is 1.93. The van der Waals surface area contributed by atoms with E-state index in [1.165, 1.54) is 18.3 Å². The number of fused-ring (bicyclic) bond motifs is 1. The molecule has 0 saturated carbocycles. The van der Waals surface area contributed by atoms with Crippen LogP contribution in [-0.2, 0) is 0 Å². The highest BCUT2D eigenvalue weighted by atomic mass is 16.5. The SMILES string of the molecule is CN(C)CCOc1ccc2c(c1)[n+]([O-])c(Nc1cccnc1)n[n+]2[O-]. The average Bonchev–Trinajstić information content (AvgIpc) is 2.60. The molecule has 0 bridgehead atoms. The number of hydrogen-bond donors (Lipinski definition) is 1. The number of ether oxygens (including phenoxy) is 1. The Bertz CT molecular complexity index is 873. The van der Waals surface area contributed by atoms with Gasteiger partial charge >= 0.3 is 5.95 Å². The molecule has 0 unspecified atom stereocenters. The second-order valence-corrected chi connectivity index (χ2v) is 5.66. The van der Waals surface area contributed by atoms with E-state index in [4.69, 9.17) is 4.74 Å². The van der Waals surface area contributed by atoms with Crippen LogP contribution in [0.1, 0.15) is 0 Å². The van der Waals surface area contributed by atoms with E-state index in [1.807, 2.05) is 19.0 Å². The highest BCUT2D eigenvalue weighted by Crippen LogP contribution is 2.17. The molecule has 1 aromatic carbocycles. The molecule has 0 fully saturated rings. The van der Waals surface area contributed by atoms with Crippen LogP contribution in [-0.4, -0.2) is 42.2 Å². The van der Waals surface area contributed by atoms with Crippen molar-refractivity contribution in [3.63, 3.8) is 0 Å². The highest BCUT2D eigenvalue weighted by Gasteiger charge is 2.21. The summed E-state index contributed by atoms with van der Waals surface area (Å²) >= 11 is 0. The van der Waals surface area contributed by atoms with Crippen molar-refractivity contribution in [1.29, 1.82) is 0 Å². The van der Waals surface area contributed by atoms with Gasteiger partial charge < -0.3 is 20.1 Å². The van der Waals surface area contributed by atoms with Crippen LogP contribution in [0.3, 0.4) is 0 Å². The molecule has 2 aromatic heterocycles. The van der Waals surface area contributed by atoms with Crippen molar-refractivity contribution < 1.29 is 14.3 Å². The number of pyridine rings is 1. The molecule has 3 rings (SSSR count). The maximum Gasteiger partial charge on any atom is 0.465 e. The van der Waals surface area contributed by atoms with Gasteiger partial charge in [-0.25, -0.2) is 10.0 Å². The highest BCUT2D eigenvalue weighted by molar-refractivity contribution is 5.70. The predicted octanol–water partition coefficient (Wildman–Crippen LogP) is 0.581. The van der Waals surface area contributed by atoms with Crippen molar-refractivity contribution in [3.05, 3.63) is 53.1 Å². The first-order chi connectivity index (χ1) is 12.0. The summed E-state index contributed by atoms with van der Waals surface area (Å²) in [6.07, 6.45) is 3.14. The van der Waals surface area contributed by atoms with Crippen LogP contribution in [0, 0.1) is 10.4 Å². The number of rotatable bonds is 6. The van der Waals surface area contributed by atoms with Gasteiger partial charge in [0.1, 0.15) is 18.0 Å². The lowest BCUT2D eigenvalue weighted by Crippen LogP contribution is -2.43. The molecule has 0 aliphatic heterocycles. The fraction of sp³-hybridized carbons (Fsp3) is 0.250. The molecule has 0 amide bonds. The molecule has 0 radical (unpaired) electrons. The van der Waals surface area contributed by atoms with Crippen molar-refractivity contribution in [2.24, 2.45) is 0 Å². The van der Waals surface area contributed by atoms with Gasteiger partial charge in [-0.05, 0) is 32.3 Å². The molecule has 3 aromatic rings. The van der Waals surface area contributed by atoms with Gasteiger partial charge in [-0.3, -0.25) is 4.98 Å². The van der Waals surface area contributed by atoms with Crippen LogP contribution in [0.5, 0.6) is 5.75 Å². The van der Waals surface area contributed by atoms with Gasteiger partial charge in [0.15, 0.2) is 5.52 Å². The van der Waals surface area contributed by atoms with E-state index in [-0.39, 0.29) is 17.0 Å².